The number of amides is 1. The number of nitrogens with zero attached hydrogens (tertiary/aromatic N) is 2. The van der Waals surface area contributed by atoms with Crippen LogP contribution < -0.4 is 10.2 Å². The van der Waals surface area contributed by atoms with E-state index in [0.717, 1.165) is 37.0 Å². The lowest BCUT2D eigenvalue weighted by Gasteiger charge is -2.30. The highest BCUT2D eigenvalue weighted by atomic mass is 16.1. The van der Waals surface area contributed by atoms with Crippen molar-refractivity contribution in [3.05, 3.63) is 30.6 Å². The normalized spacial score (nSPS) is 18.7. The van der Waals surface area contributed by atoms with E-state index in [1.807, 2.05) is 18.5 Å². The minimum atomic E-state index is 0.159. The number of aromatic nitrogens is 1. The van der Waals surface area contributed by atoms with Crippen molar-refractivity contribution < 1.29 is 4.79 Å². The van der Waals surface area contributed by atoms with Crippen molar-refractivity contribution >= 4 is 28.1 Å². The Morgan fingerprint density at radius 2 is 1.87 bits per heavy atom. The molecule has 0 radical (unpaired) electrons. The first-order valence-corrected chi connectivity index (χ1v) is 8.75. The number of carbonyl (C=O) groups excluding carboxylic acids is 1. The van der Waals surface area contributed by atoms with E-state index in [2.05, 4.69) is 27.3 Å². The number of fused-ring (bicyclic) bond motifs is 1. The maximum atomic E-state index is 12.3. The highest BCUT2D eigenvalue weighted by Crippen LogP contribution is 2.34. The van der Waals surface area contributed by atoms with Crippen molar-refractivity contribution in [3.8, 4) is 0 Å². The molecule has 1 saturated heterocycles. The predicted molar refractivity (Wildman–Crippen MR) is 93.8 cm³/mol. The third-order valence-corrected chi connectivity index (χ3v) is 5.23. The number of nitrogens with one attached hydrogen (secondary N) is 1. The van der Waals surface area contributed by atoms with Gasteiger partial charge in [0, 0.05) is 47.9 Å². The van der Waals surface area contributed by atoms with Crippen LogP contribution in [0.1, 0.15) is 38.5 Å². The molecule has 1 aliphatic heterocycles. The fraction of sp³-hybridized carbons (Fsp3) is 0.474. The Morgan fingerprint density at radius 1 is 1.04 bits per heavy atom. The third-order valence-electron chi connectivity index (χ3n) is 5.23. The van der Waals surface area contributed by atoms with Crippen LogP contribution in [0, 0.1) is 5.92 Å². The molecule has 0 bridgehead atoms. The van der Waals surface area contributed by atoms with Gasteiger partial charge in [0.05, 0.1) is 5.69 Å². The van der Waals surface area contributed by atoms with E-state index < -0.39 is 0 Å². The fourth-order valence-electron chi connectivity index (χ4n) is 3.60. The van der Waals surface area contributed by atoms with E-state index in [4.69, 9.17) is 0 Å². The maximum Gasteiger partial charge on any atom is 0.227 e. The molecule has 1 amide bonds. The molecule has 0 spiro atoms. The van der Waals surface area contributed by atoms with Gasteiger partial charge in [-0.3, -0.25) is 9.78 Å². The largest absolute Gasteiger partial charge is 0.371 e. The second kappa shape index (κ2) is 6.19. The molecule has 4 nitrogen and oxygen atoms in total. The van der Waals surface area contributed by atoms with Crippen LogP contribution in [0.2, 0.25) is 0 Å². The zero-order chi connectivity index (χ0) is 15.6. The van der Waals surface area contributed by atoms with Crippen LogP contribution in [-0.4, -0.2) is 24.0 Å². The van der Waals surface area contributed by atoms with Crippen LogP contribution in [0.15, 0.2) is 30.6 Å². The Balaban J connectivity index is 1.68. The molecule has 1 N–H and O–H groups in total. The topological polar surface area (TPSA) is 45.2 Å². The first kappa shape index (κ1) is 14.5. The summed E-state index contributed by atoms with van der Waals surface area (Å²) in [6.45, 7) is 2.23. The molecule has 4 rings (SSSR count). The van der Waals surface area contributed by atoms with Gasteiger partial charge in [0.15, 0.2) is 0 Å². The molecule has 120 valence electrons. The third kappa shape index (κ3) is 2.78. The van der Waals surface area contributed by atoms with Gasteiger partial charge in [-0.25, -0.2) is 0 Å². The number of benzene rings is 1. The number of anilines is 2. The zero-order valence-corrected chi connectivity index (χ0v) is 13.4. The van der Waals surface area contributed by atoms with Crippen molar-refractivity contribution in [2.24, 2.45) is 5.92 Å². The van der Waals surface area contributed by atoms with Gasteiger partial charge in [-0.05, 0) is 50.3 Å². The van der Waals surface area contributed by atoms with Gasteiger partial charge >= 0.3 is 0 Å². The lowest BCUT2D eigenvalue weighted by atomic mass is 9.85. The molecule has 4 heteroatoms. The molecule has 2 aliphatic rings. The maximum absolute atomic E-state index is 12.3. The van der Waals surface area contributed by atoms with Crippen LogP contribution in [0.5, 0.6) is 0 Å². The van der Waals surface area contributed by atoms with Crippen molar-refractivity contribution in [1.82, 2.24) is 4.98 Å². The number of rotatable bonds is 3. The van der Waals surface area contributed by atoms with Gasteiger partial charge in [0.25, 0.3) is 0 Å². The lowest BCUT2D eigenvalue weighted by Crippen LogP contribution is -2.30. The summed E-state index contributed by atoms with van der Waals surface area (Å²) in [7, 11) is 0. The van der Waals surface area contributed by atoms with Gasteiger partial charge in [0.2, 0.25) is 5.91 Å². The summed E-state index contributed by atoms with van der Waals surface area (Å²) in [5.41, 5.74) is 2.16. The van der Waals surface area contributed by atoms with Gasteiger partial charge < -0.3 is 10.2 Å². The van der Waals surface area contributed by atoms with Crippen LogP contribution in [0.4, 0.5) is 11.4 Å². The predicted octanol–water partition coefficient (Wildman–Crippen LogP) is 3.96. The minimum absolute atomic E-state index is 0.159. The first-order chi connectivity index (χ1) is 11.3. The molecule has 1 saturated carbocycles. The Bertz CT molecular complexity index is 718. The van der Waals surface area contributed by atoms with Crippen LogP contribution in [0.25, 0.3) is 10.8 Å². The van der Waals surface area contributed by atoms with E-state index in [9.17, 15) is 4.79 Å². The molecule has 23 heavy (non-hydrogen) atoms. The van der Waals surface area contributed by atoms with E-state index in [0.29, 0.717) is 0 Å². The number of hydrogen-bond donors (Lipinski definition) is 1. The van der Waals surface area contributed by atoms with Crippen LogP contribution in [0.3, 0.4) is 0 Å². The summed E-state index contributed by atoms with van der Waals surface area (Å²) in [5.74, 6) is 0.357. The van der Waals surface area contributed by atoms with E-state index in [-0.39, 0.29) is 11.8 Å². The van der Waals surface area contributed by atoms with E-state index >= 15 is 0 Å². The Kier molecular flexibility index (Phi) is 3.90. The second-order valence-corrected chi connectivity index (χ2v) is 6.72. The van der Waals surface area contributed by atoms with Crippen molar-refractivity contribution in [2.45, 2.75) is 38.5 Å². The monoisotopic (exact) mass is 309 g/mol. The van der Waals surface area contributed by atoms with Crippen molar-refractivity contribution in [3.63, 3.8) is 0 Å². The molecule has 0 unspecified atom stereocenters. The number of piperidine rings is 1. The zero-order valence-electron chi connectivity index (χ0n) is 13.4. The average Bonchev–Trinajstić information content (AvgIpc) is 2.54. The van der Waals surface area contributed by atoms with Gasteiger partial charge in [-0.2, -0.15) is 0 Å². The van der Waals surface area contributed by atoms with Gasteiger partial charge in [0.1, 0.15) is 0 Å². The SMILES string of the molecule is O=C(Nc1ccc(N2CCCCC2)c2ccncc12)C1CCC1. The smallest absolute Gasteiger partial charge is 0.227 e. The fourth-order valence-corrected chi connectivity index (χ4v) is 3.60. The van der Waals surface area contributed by atoms with E-state index in [1.165, 1.54) is 36.8 Å². The summed E-state index contributed by atoms with van der Waals surface area (Å²) < 4.78 is 0. The lowest BCUT2D eigenvalue weighted by molar-refractivity contribution is -0.122. The summed E-state index contributed by atoms with van der Waals surface area (Å²) in [5, 5.41) is 5.35. The highest BCUT2D eigenvalue weighted by molar-refractivity contribution is 6.06. The molecule has 0 atom stereocenters. The number of hydrogen-bond acceptors (Lipinski definition) is 3. The molecule has 2 heterocycles. The standard InChI is InChI=1S/C19H23N3O/c23-19(14-5-4-6-14)21-17-7-8-18(22-11-2-1-3-12-22)15-9-10-20-13-16(15)17/h7-10,13-14H,1-6,11-12H2,(H,21,23). The second-order valence-electron chi connectivity index (χ2n) is 6.72. The summed E-state index contributed by atoms with van der Waals surface area (Å²) in [4.78, 5) is 19.0. The molecule has 2 fully saturated rings. The first-order valence-electron chi connectivity index (χ1n) is 8.75. The van der Waals surface area contributed by atoms with Crippen LogP contribution >= 0.6 is 0 Å². The number of pyridine rings is 1. The minimum Gasteiger partial charge on any atom is -0.371 e. The van der Waals surface area contributed by atoms with E-state index in [1.54, 1.807) is 0 Å². The van der Waals surface area contributed by atoms with Crippen LogP contribution in [-0.2, 0) is 4.79 Å². The Morgan fingerprint density at radius 3 is 2.61 bits per heavy atom. The molecular formula is C19H23N3O. The summed E-state index contributed by atoms with van der Waals surface area (Å²) >= 11 is 0. The molecule has 2 aromatic rings. The summed E-state index contributed by atoms with van der Waals surface area (Å²) in [6.07, 6.45) is 10.8. The Labute approximate surface area is 136 Å². The van der Waals surface area contributed by atoms with Crippen molar-refractivity contribution in [1.29, 1.82) is 0 Å². The summed E-state index contributed by atoms with van der Waals surface area (Å²) in [6, 6.07) is 6.27. The highest BCUT2D eigenvalue weighted by Gasteiger charge is 2.25. The van der Waals surface area contributed by atoms with Gasteiger partial charge in [-0.1, -0.05) is 6.42 Å². The molecule has 1 aromatic heterocycles. The molecule has 1 aliphatic carbocycles. The molecule has 1 aromatic carbocycles. The average molecular weight is 309 g/mol. The van der Waals surface area contributed by atoms with Crippen molar-refractivity contribution in [2.75, 3.05) is 23.3 Å². The van der Waals surface area contributed by atoms with Gasteiger partial charge in [-0.15, -0.1) is 0 Å². The number of carbonyl (C=O) groups is 1. The quantitative estimate of drug-likeness (QED) is 0.933. The Hall–Kier alpha value is -2.10. The molecular weight excluding hydrogens is 286 g/mol.